The lowest BCUT2D eigenvalue weighted by Crippen LogP contribution is -2.45. The van der Waals surface area contributed by atoms with Gasteiger partial charge < -0.3 is 19.7 Å². The summed E-state index contributed by atoms with van der Waals surface area (Å²) < 4.78 is 2.10. The second-order valence-corrected chi connectivity index (χ2v) is 9.49. The smallest absolute Gasteiger partial charge is 0.318 e. The van der Waals surface area contributed by atoms with Gasteiger partial charge in [-0.3, -0.25) is 0 Å². The van der Waals surface area contributed by atoms with Crippen molar-refractivity contribution >= 4 is 17.8 Å². The van der Waals surface area contributed by atoms with Crippen molar-refractivity contribution < 1.29 is 4.79 Å². The third-order valence-corrected chi connectivity index (χ3v) is 7.45. The molecule has 0 unspecified atom stereocenters. The van der Waals surface area contributed by atoms with E-state index >= 15 is 0 Å². The molecular formula is C20H34N6OS. The van der Waals surface area contributed by atoms with Crippen LogP contribution in [0.15, 0.2) is 5.16 Å². The van der Waals surface area contributed by atoms with Crippen LogP contribution in [-0.4, -0.2) is 68.6 Å². The molecule has 8 heteroatoms. The molecule has 1 aromatic rings. The summed E-state index contributed by atoms with van der Waals surface area (Å²) in [6.07, 6.45) is 10.7. The number of likely N-dealkylation sites (tertiary alicyclic amines) is 2. The third kappa shape index (κ3) is 4.64. The molecule has 1 aliphatic carbocycles. The van der Waals surface area contributed by atoms with Gasteiger partial charge in [0.15, 0.2) is 11.0 Å². The fraction of sp³-hybridized carbons (Fsp3) is 0.850. The molecule has 0 radical (unpaired) electrons. The first-order chi connectivity index (χ1) is 13.7. The van der Waals surface area contributed by atoms with Crippen molar-refractivity contribution in [3.05, 3.63) is 5.82 Å². The fourth-order valence-corrected chi connectivity index (χ4v) is 5.71. The molecule has 3 fully saturated rings. The summed E-state index contributed by atoms with van der Waals surface area (Å²) in [7, 11) is 2.04. The minimum atomic E-state index is 0.0500. The number of rotatable bonds is 6. The van der Waals surface area contributed by atoms with Crippen LogP contribution in [0.2, 0.25) is 0 Å². The van der Waals surface area contributed by atoms with Gasteiger partial charge in [0.1, 0.15) is 0 Å². The van der Waals surface area contributed by atoms with E-state index in [1.54, 1.807) is 11.8 Å². The van der Waals surface area contributed by atoms with E-state index in [2.05, 4.69) is 25.0 Å². The number of nitrogens with one attached hydrogen (secondary N) is 1. The van der Waals surface area contributed by atoms with E-state index in [1.165, 1.54) is 45.2 Å². The van der Waals surface area contributed by atoms with Crippen LogP contribution in [0.1, 0.15) is 69.7 Å². The average molecular weight is 407 g/mol. The summed E-state index contributed by atoms with van der Waals surface area (Å²) in [4.78, 5) is 17.4. The van der Waals surface area contributed by atoms with E-state index in [1.807, 2.05) is 11.9 Å². The summed E-state index contributed by atoms with van der Waals surface area (Å²) in [6.45, 7) is 4.40. The highest BCUT2D eigenvalue weighted by atomic mass is 32.2. The molecule has 0 aromatic carbocycles. The number of hydrogen-bond donors (Lipinski definition) is 1. The average Bonchev–Trinajstić information content (AvgIpc) is 3.45. The maximum Gasteiger partial charge on any atom is 0.318 e. The Hall–Kier alpha value is -1.28. The van der Waals surface area contributed by atoms with E-state index in [4.69, 9.17) is 0 Å². The Kier molecular flexibility index (Phi) is 6.77. The highest BCUT2D eigenvalue weighted by Crippen LogP contribution is 2.32. The topological polar surface area (TPSA) is 66.3 Å². The molecule has 1 aromatic heterocycles. The molecular weight excluding hydrogens is 372 g/mol. The fourth-order valence-electron chi connectivity index (χ4n) is 4.80. The van der Waals surface area contributed by atoms with Gasteiger partial charge in [-0.2, -0.15) is 0 Å². The second kappa shape index (κ2) is 9.48. The van der Waals surface area contributed by atoms with Crippen LogP contribution < -0.4 is 5.32 Å². The van der Waals surface area contributed by atoms with Gasteiger partial charge >= 0.3 is 6.03 Å². The van der Waals surface area contributed by atoms with Gasteiger partial charge in [0, 0.05) is 31.9 Å². The van der Waals surface area contributed by atoms with Crippen molar-refractivity contribution in [2.75, 3.05) is 31.9 Å². The standard InChI is InChI=1S/C20H34N6OS/c1-24-18(22-23-20(24)28-15-14-25-11-5-6-12-25)17-10-7-13-26(17)19(27)21-16-8-3-2-4-9-16/h16-17H,2-15H2,1H3,(H,21,27)/t17-/m0/s1. The second-order valence-electron chi connectivity index (χ2n) is 8.43. The molecule has 7 nitrogen and oxygen atoms in total. The van der Waals surface area contributed by atoms with E-state index in [0.29, 0.717) is 6.04 Å². The van der Waals surface area contributed by atoms with Crippen molar-refractivity contribution in [3.63, 3.8) is 0 Å². The maximum absolute atomic E-state index is 12.9. The van der Waals surface area contributed by atoms with Gasteiger partial charge in [-0.05, 0) is 51.6 Å². The summed E-state index contributed by atoms with van der Waals surface area (Å²) in [5, 5.41) is 13.2. The highest BCUT2D eigenvalue weighted by molar-refractivity contribution is 7.99. The Labute approximate surface area is 172 Å². The molecule has 1 atom stereocenters. The molecule has 156 valence electrons. The van der Waals surface area contributed by atoms with Crippen molar-refractivity contribution in [3.8, 4) is 0 Å². The molecule has 3 heterocycles. The van der Waals surface area contributed by atoms with Gasteiger partial charge in [-0.15, -0.1) is 10.2 Å². The SMILES string of the molecule is Cn1c(SCCN2CCCC2)nnc1[C@@H]1CCCN1C(=O)NC1CCCCC1. The monoisotopic (exact) mass is 406 g/mol. The molecule has 28 heavy (non-hydrogen) atoms. The lowest BCUT2D eigenvalue weighted by atomic mass is 9.96. The Morgan fingerprint density at radius 3 is 2.61 bits per heavy atom. The summed E-state index contributed by atoms with van der Waals surface area (Å²) in [5.41, 5.74) is 0. The van der Waals surface area contributed by atoms with Crippen LogP contribution in [-0.2, 0) is 7.05 Å². The zero-order chi connectivity index (χ0) is 19.3. The van der Waals surface area contributed by atoms with Crippen molar-refractivity contribution in [1.82, 2.24) is 29.9 Å². The van der Waals surface area contributed by atoms with Gasteiger partial charge in [0.2, 0.25) is 0 Å². The lowest BCUT2D eigenvalue weighted by molar-refractivity contribution is 0.182. The highest BCUT2D eigenvalue weighted by Gasteiger charge is 2.34. The van der Waals surface area contributed by atoms with E-state index < -0.39 is 0 Å². The molecule has 4 rings (SSSR count). The Balaban J connectivity index is 1.34. The first-order valence-electron chi connectivity index (χ1n) is 11.0. The van der Waals surface area contributed by atoms with Crippen LogP contribution in [0.25, 0.3) is 0 Å². The molecule has 2 aliphatic heterocycles. The first kappa shape index (κ1) is 20.0. The number of aromatic nitrogens is 3. The Morgan fingerprint density at radius 2 is 1.82 bits per heavy atom. The molecule has 1 saturated carbocycles. The summed E-state index contributed by atoms with van der Waals surface area (Å²) in [6, 6.07) is 0.480. The quantitative estimate of drug-likeness (QED) is 0.735. The number of hydrogen-bond acceptors (Lipinski definition) is 5. The summed E-state index contributed by atoms with van der Waals surface area (Å²) in [5.74, 6) is 1.97. The minimum absolute atomic E-state index is 0.0500. The normalized spacial score (nSPS) is 24.2. The number of thioether (sulfide) groups is 1. The van der Waals surface area contributed by atoms with Crippen LogP contribution in [0, 0.1) is 0 Å². The number of carbonyl (C=O) groups excluding carboxylic acids is 1. The third-order valence-electron chi connectivity index (χ3n) is 6.45. The molecule has 3 aliphatic rings. The van der Waals surface area contributed by atoms with Gasteiger partial charge in [-0.25, -0.2) is 4.79 Å². The minimum Gasteiger partial charge on any atom is -0.335 e. The van der Waals surface area contributed by atoms with Crippen molar-refractivity contribution in [2.24, 2.45) is 7.05 Å². The number of nitrogens with zero attached hydrogens (tertiary/aromatic N) is 5. The molecule has 2 saturated heterocycles. The predicted octanol–water partition coefficient (Wildman–Crippen LogP) is 3.18. The Bertz CT molecular complexity index is 653. The van der Waals surface area contributed by atoms with Gasteiger partial charge in [-0.1, -0.05) is 31.0 Å². The number of carbonyl (C=O) groups is 1. The van der Waals surface area contributed by atoms with E-state index in [9.17, 15) is 4.79 Å². The van der Waals surface area contributed by atoms with Crippen molar-refractivity contribution in [1.29, 1.82) is 0 Å². The van der Waals surface area contributed by atoms with E-state index in [0.717, 1.165) is 55.5 Å². The zero-order valence-corrected chi connectivity index (χ0v) is 17.9. The largest absolute Gasteiger partial charge is 0.335 e. The lowest BCUT2D eigenvalue weighted by Gasteiger charge is -2.29. The van der Waals surface area contributed by atoms with Gasteiger partial charge in [0.25, 0.3) is 0 Å². The Morgan fingerprint density at radius 1 is 1.04 bits per heavy atom. The van der Waals surface area contributed by atoms with Crippen LogP contribution in [0.3, 0.4) is 0 Å². The van der Waals surface area contributed by atoms with Crippen molar-refractivity contribution in [2.45, 2.75) is 75.0 Å². The first-order valence-corrected chi connectivity index (χ1v) is 12.0. The zero-order valence-electron chi connectivity index (χ0n) is 17.1. The van der Waals surface area contributed by atoms with Crippen LogP contribution in [0.4, 0.5) is 4.79 Å². The number of urea groups is 1. The molecule has 0 spiro atoms. The molecule has 0 bridgehead atoms. The number of amides is 2. The molecule has 1 N–H and O–H groups in total. The van der Waals surface area contributed by atoms with Crippen LogP contribution >= 0.6 is 11.8 Å². The van der Waals surface area contributed by atoms with Gasteiger partial charge in [0.05, 0.1) is 6.04 Å². The van der Waals surface area contributed by atoms with Crippen LogP contribution in [0.5, 0.6) is 0 Å². The van der Waals surface area contributed by atoms with E-state index in [-0.39, 0.29) is 12.1 Å². The predicted molar refractivity (Wildman–Crippen MR) is 111 cm³/mol. The maximum atomic E-state index is 12.9. The molecule has 2 amide bonds. The summed E-state index contributed by atoms with van der Waals surface area (Å²) >= 11 is 1.78.